The van der Waals surface area contributed by atoms with Gasteiger partial charge in [0.25, 0.3) is 5.91 Å². The number of para-hydroxylation sites is 2. The Hall–Kier alpha value is -4.08. The van der Waals surface area contributed by atoms with Crippen LogP contribution in [0.15, 0.2) is 60.7 Å². The molecule has 0 aliphatic heterocycles. The number of halogens is 3. The first-order valence-corrected chi connectivity index (χ1v) is 9.84. The fourth-order valence-corrected chi connectivity index (χ4v) is 3.39. The number of amides is 1. The van der Waals surface area contributed by atoms with Gasteiger partial charge in [0.1, 0.15) is 11.4 Å². The van der Waals surface area contributed by atoms with E-state index in [4.69, 9.17) is 9.47 Å². The Bertz CT molecular complexity index is 1300. The van der Waals surface area contributed by atoms with Gasteiger partial charge in [-0.1, -0.05) is 42.5 Å². The van der Waals surface area contributed by atoms with Crippen LogP contribution in [0.1, 0.15) is 5.56 Å². The van der Waals surface area contributed by atoms with Gasteiger partial charge >= 0.3 is 6.18 Å². The summed E-state index contributed by atoms with van der Waals surface area (Å²) in [6, 6.07) is 16.1. The number of fused-ring (bicyclic) bond motifs is 1. The second kappa shape index (κ2) is 8.81. The number of carbonyl (C=O) groups excluding carboxylic acids is 1. The number of aromatic nitrogens is 3. The molecule has 0 atom stereocenters. The molecule has 170 valence electrons. The molecule has 10 heteroatoms. The lowest BCUT2D eigenvalue weighted by atomic mass is 10.0. The molecule has 7 nitrogen and oxygen atoms in total. The molecule has 4 aromatic rings. The molecule has 0 spiro atoms. The number of hydrogen-bond donors (Lipinski definition) is 1. The van der Waals surface area contributed by atoms with Crippen LogP contribution in [0.3, 0.4) is 0 Å². The molecule has 0 radical (unpaired) electrons. The van der Waals surface area contributed by atoms with Crippen LogP contribution < -0.4 is 14.8 Å². The van der Waals surface area contributed by atoms with Crippen LogP contribution in [0.5, 0.6) is 11.6 Å². The van der Waals surface area contributed by atoms with Gasteiger partial charge in [0.05, 0.1) is 23.7 Å². The fourth-order valence-electron chi connectivity index (χ4n) is 3.39. The Morgan fingerprint density at radius 1 is 1.09 bits per heavy atom. The number of nitrogens with one attached hydrogen (secondary N) is 1. The number of alkyl halides is 3. The van der Waals surface area contributed by atoms with Crippen LogP contribution in [0.2, 0.25) is 0 Å². The molecule has 4 rings (SSSR count). The number of pyridine rings is 1. The molecule has 0 aliphatic rings. The second-order valence-electron chi connectivity index (χ2n) is 7.08. The van der Waals surface area contributed by atoms with E-state index in [0.29, 0.717) is 17.0 Å². The summed E-state index contributed by atoms with van der Waals surface area (Å²) in [5.74, 6) is -0.481. The number of hydrogen-bond acceptors (Lipinski definition) is 5. The first-order chi connectivity index (χ1) is 15.8. The summed E-state index contributed by atoms with van der Waals surface area (Å²) in [5.41, 5.74) is 0.143. The molecule has 0 saturated carbocycles. The van der Waals surface area contributed by atoms with Crippen molar-refractivity contribution in [3.05, 3.63) is 66.2 Å². The topological polar surface area (TPSA) is 78.3 Å². The zero-order valence-corrected chi connectivity index (χ0v) is 17.7. The van der Waals surface area contributed by atoms with Crippen molar-refractivity contribution in [2.24, 2.45) is 7.05 Å². The summed E-state index contributed by atoms with van der Waals surface area (Å²) in [4.78, 5) is 16.5. The molecule has 1 N–H and O–H groups in total. The third kappa shape index (κ3) is 4.59. The van der Waals surface area contributed by atoms with Crippen LogP contribution in [-0.4, -0.2) is 34.4 Å². The highest BCUT2D eigenvalue weighted by Crippen LogP contribution is 2.40. The third-order valence-electron chi connectivity index (χ3n) is 4.86. The largest absolute Gasteiger partial charge is 0.495 e. The number of rotatable bonds is 6. The summed E-state index contributed by atoms with van der Waals surface area (Å²) < 4.78 is 53.6. The van der Waals surface area contributed by atoms with E-state index in [1.807, 2.05) is 0 Å². The van der Waals surface area contributed by atoms with E-state index in [9.17, 15) is 18.0 Å². The van der Waals surface area contributed by atoms with Gasteiger partial charge in [0, 0.05) is 18.7 Å². The fraction of sp³-hybridized carbons (Fsp3) is 0.174. The number of nitrogens with zero attached hydrogens (tertiary/aromatic N) is 3. The summed E-state index contributed by atoms with van der Waals surface area (Å²) in [6.07, 6.45) is -4.69. The van der Waals surface area contributed by atoms with Crippen LogP contribution >= 0.6 is 0 Å². The van der Waals surface area contributed by atoms with E-state index in [-0.39, 0.29) is 22.6 Å². The number of methoxy groups -OCH3 is 1. The molecule has 1 amide bonds. The SMILES string of the molecule is COc1ccccc1NC(=O)COc1cc(C(F)(F)F)c2c(-c3ccccc3)nn(C)c2n1. The highest BCUT2D eigenvalue weighted by atomic mass is 19.4. The highest BCUT2D eigenvalue weighted by molar-refractivity contribution is 5.95. The van der Waals surface area contributed by atoms with Crippen LogP contribution in [0.25, 0.3) is 22.3 Å². The molecule has 33 heavy (non-hydrogen) atoms. The molecule has 2 aromatic carbocycles. The number of carbonyl (C=O) groups is 1. The van der Waals surface area contributed by atoms with Gasteiger partial charge in [-0.3, -0.25) is 4.79 Å². The maximum Gasteiger partial charge on any atom is 0.417 e. The monoisotopic (exact) mass is 456 g/mol. The average molecular weight is 456 g/mol. The minimum absolute atomic E-state index is 0.0104. The molecule has 0 bridgehead atoms. The number of anilines is 1. The predicted molar refractivity (Wildman–Crippen MR) is 116 cm³/mol. The number of ether oxygens (including phenoxy) is 2. The van der Waals surface area contributed by atoms with Crippen molar-refractivity contribution in [2.75, 3.05) is 19.0 Å². The lowest BCUT2D eigenvalue weighted by molar-refractivity contribution is -0.136. The Labute approximate surface area is 186 Å². The van der Waals surface area contributed by atoms with Crippen molar-refractivity contribution >= 4 is 22.6 Å². The zero-order valence-electron chi connectivity index (χ0n) is 17.7. The van der Waals surface area contributed by atoms with Crippen LogP contribution in [0, 0.1) is 0 Å². The van der Waals surface area contributed by atoms with Gasteiger partial charge in [-0.25, -0.2) is 4.68 Å². The lowest BCUT2D eigenvalue weighted by Gasteiger charge is -2.13. The van der Waals surface area contributed by atoms with Gasteiger partial charge < -0.3 is 14.8 Å². The van der Waals surface area contributed by atoms with Crippen molar-refractivity contribution in [1.82, 2.24) is 14.8 Å². The first-order valence-electron chi connectivity index (χ1n) is 9.84. The maximum atomic E-state index is 14.0. The number of benzene rings is 2. The van der Waals surface area contributed by atoms with Crippen LogP contribution in [-0.2, 0) is 18.0 Å². The summed E-state index contributed by atoms with van der Waals surface area (Å²) in [6.45, 7) is -0.544. The minimum Gasteiger partial charge on any atom is -0.495 e. The lowest BCUT2D eigenvalue weighted by Crippen LogP contribution is -2.21. The minimum atomic E-state index is -4.69. The van der Waals surface area contributed by atoms with Gasteiger partial charge in [0.2, 0.25) is 5.88 Å². The molecular formula is C23H19F3N4O3. The third-order valence-corrected chi connectivity index (χ3v) is 4.86. The van der Waals surface area contributed by atoms with Gasteiger partial charge in [-0.2, -0.15) is 23.3 Å². The number of aryl methyl sites for hydroxylation is 1. The van der Waals surface area contributed by atoms with E-state index >= 15 is 0 Å². The molecule has 2 aromatic heterocycles. The molecule has 0 saturated heterocycles. The van der Waals surface area contributed by atoms with E-state index in [0.717, 1.165) is 6.07 Å². The maximum absolute atomic E-state index is 14.0. The van der Waals surface area contributed by atoms with E-state index in [1.165, 1.54) is 18.8 Å². The normalized spacial score (nSPS) is 11.4. The predicted octanol–water partition coefficient (Wildman–Crippen LogP) is 4.68. The molecule has 0 unspecified atom stereocenters. The Kier molecular flexibility index (Phi) is 5.91. The van der Waals surface area contributed by atoms with Crippen molar-refractivity contribution in [3.63, 3.8) is 0 Å². The second-order valence-corrected chi connectivity index (χ2v) is 7.08. The zero-order chi connectivity index (χ0) is 23.6. The average Bonchev–Trinajstić information content (AvgIpc) is 3.14. The highest BCUT2D eigenvalue weighted by Gasteiger charge is 2.36. The molecule has 0 aliphatic carbocycles. The van der Waals surface area contributed by atoms with Gasteiger partial charge in [-0.15, -0.1) is 0 Å². The quantitative estimate of drug-likeness (QED) is 0.456. The molecule has 2 heterocycles. The smallest absolute Gasteiger partial charge is 0.417 e. The van der Waals surface area contributed by atoms with Crippen molar-refractivity contribution in [2.45, 2.75) is 6.18 Å². The molecular weight excluding hydrogens is 437 g/mol. The standard InChI is InChI=1S/C23H19F3N4O3/c1-30-22-20(21(29-30)14-8-4-3-5-9-14)15(23(24,25)26)12-19(28-22)33-13-18(31)27-16-10-6-7-11-17(16)32-2/h3-12H,13H2,1-2H3,(H,27,31). The Morgan fingerprint density at radius 2 is 1.79 bits per heavy atom. The van der Waals surface area contributed by atoms with Gasteiger partial charge in [-0.05, 0) is 12.1 Å². The Balaban J connectivity index is 1.65. The Morgan fingerprint density at radius 3 is 2.48 bits per heavy atom. The summed E-state index contributed by atoms with van der Waals surface area (Å²) in [7, 11) is 2.96. The summed E-state index contributed by atoms with van der Waals surface area (Å²) >= 11 is 0. The molecule has 0 fully saturated rings. The van der Waals surface area contributed by atoms with E-state index in [2.05, 4.69) is 15.4 Å². The summed E-state index contributed by atoms with van der Waals surface area (Å²) in [5, 5.41) is 6.71. The van der Waals surface area contributed by atoms with E-state index < -0.39 is 24.3 Å². The van der Waals surface area contributed by atoms with Crippen molar-refractivity contribution < 1.29 is 27.4 Å². The van der Waals surface area contributed by atoms with E-state index in [1.54, 1.807) is 54.6 Å². The van der Waals surface area contributed by atoms with Crippen molar-refractivity contribution in [1.29, 1.82) is 0 Å². The first kappa shape index (κ1) is 22.1. The van der Waals surface area contributed by atoms with Crippen molar-refractivity contribution in [3.8, 4) is 22.9 Å². The van der Waals surface area contributed by atoms with Gasteiger partial charge in [0.15, 0.2) is 12.3 Å². The van der Waals surface area contributed by atoms with Crippen LogP contribution in [0.4, 0.5) is 18.9 Å².